The molecule has 0 spiro atoms. The number of rotatable bonds is 8. The van der Waals surface area contributed by atoms with Gasteiger partial charge in [-0.1, -0.05) is 57.6 Å². The van der Waals surface area contributed by atoms with Crippen LogP contribution in [-0.4, -0.2) is 6.17 Å². The number of benzene rings is 1. The molecule has 144 valence electrons. The Morgan fingerprint density at radius 3 is 2.24 bits per heavy atom. The van der Waals surface area contributed by atoms with Crippen LogP contribution < -0.4 is 0 Å². The van der Waals surface area contributed by atoms with E-state index >= 15 is 4.39 Å². The van der Waals surface area contributed by atoms with Gasteiger partial charge in [0.15, 0.2) is 5.67 Å². The van der Waals surface area contributed by atoms with E-state index in [4.69, 9.17) is 0 Å². The van der Waals surface area contributed by atoms with Crippen LogP contribution in [0.15, 0.2) is 29.2 Å². The van der Waals surface area contributed by atoms with Gasteiger partial charge >= 0.3 is 0 Å². The molecule has 6 heteroatoms. The predicted octanol–water partition coefficient (Wildman–Crippen LogP) is 8.17. The van der Waals surface area contributed by atoms with Gasteiger partial charge in [0, 0.05) is 0 Å². The number of hydrogen-bond donors (Lipinski definition) is 0. The summed E-state index contributed by atoms with van der Waals surface area (Å²) in [6, 6.07) is 3.96. The van der Waals surface area contributed by atoms with Gasteiger partial charge in [0.25, 0.3) is 0 Å². The van der Waals surface area contributed by atoms with Crippen LogP contribution in [0, 0.1) is 5.92 Å². The zero-order valence-electron chi connectivity index (χ0n) is 14.6. The minimum absolute atomic E-state index is 0.0359. The number of alkyl halides is 2. The van der Waals surface area contributed by atoms with Crippen LogP contribution in [0.1, 0.15) is 70.3 Å². The molecular weight excluding hydrogens is 355 g/mol. The maximum absolute atomic E-state index is 15.1. The fourth-order valence-electron chi connectivity index (χ4n) is 3.68. The van der Waals surface area contributed by atoms with Crippen LogP contribution in [0.2, 0.25) is 0 Å². The quantitative estimate of drug-likeness (QED) is 0.314. The monoisotopic (exact) mass is 382 g/mol. The highest BCUT2D eigenvalue weighted by atomic mass is 32.3. The summed E-state index contributed by atoms with van der Waals surface area (Å²) in [6.45, 7) is 2.15. The summed E-state index contributed by atoms with van der Waals surface area (Å²) >= 11 is -5.33. The first-order valence-corrected chi connectivity index (χ1v) is 10.5. The average Bonchev–Trinajstić information content (AvgIpc) is 2.57. The molecule has 1 aliphatic rings. The van der Waals surface area contributed by atoms with Gasteiger partial charge in [-0.3, -0.25) is 0 Å². The summed E-state index contributed by atoms with van der Waals surface area (Å²) in [6.07, 6.45) is 5.81. The van der Waals surface area contributed by atoms with E-state index in [2.05, 4.69) is 6.92 Å². The fourth-order valence-corrected chi connectivity index (χ4v) is 4.12. The van der Waals surface area contributed by atoms with Crippen molar-refractivity contribution in [2.45, 2.75) is 81.4 Å². The van der Waals surface area contributed by atoms with Crippen molar-refractivity contribution in [2.75, 3.05) is 0 Å². The molecule has 3 atom stereocenters. The van der Waals surface area contributed by atoms with Crippen LogP contribution in [0.4, 0.5) is 20.4 Å². The molecule has 25 heavy (non-hydrogen) atoms. The van der Waals surface area contributed by atoms with Crippen LogP contribution in [0.3, 0.4) is 0 Å². The first kappa shape index (κ1) is 20.5. The van der Waals surface area contributed by atoms with Gasteiger partial charge < -0.3 is 0 Å². The maximum Gasteiger partial charge on any atom is 0.237 e. The molecule has 0 aliphatic heterocycles. The normalized spacial score (nSPS) is 28.1. The fraction of sp³-hybridized carbons (Fsp3) is 0.684. The maximum atomic E-state index is 15.1. The van der Waals surface area contributed by atoms with Crippen molar-refractivity contribution in [1.82, 2.24) is 0 Å². The number of hydrogen-bond acceptors (Lipinski definition) is 0. The van der Waals surface area contributed by atoms with Crippen molar-refractivity contribution in [3.05, 3.63) is 29.8 Å². The highest BCUT2D eigenvalue weighted by Gasteiger charge is 2.46. The van der Waals surface area contributed by atoms with Crippen molar-refractivity contribution in [3.63, 3.8) is 0 Å². The Balaban J connectivity index is 1.92. The SMILES string of the molecule is CCCCCCCC1CCC(F)(c2ccc(S(F)(F)F)cc2)C(F)C1. The Hall–Kier alpha value is -0.780. The molecular formula is C19H27F5S. The van der Waals surface area contributed by atoms with Crippen LogP contribution >= 0.6 is 11.2 Å². The Bertz CT molecular complexity index is 528. The summed E-state index contributed by atoms with van der Waals surface area (Å²) in [5.41, 5.74) is -2.12. The zero-order valence-corrected chi connectivity index (χ0v) is 15.4. The lowest BCUT2D eigenvalue weighted by Gasteiger charge is -2.37. The lowest BCUT2D eigenvalue weighted by molar-refractivity contribution is -0.0128. The largest absolute Gasteiger partial charge is 0.244 e. The van der Waals surface area contributed by atoms with Gasteiger partial charge in [0.05, 0.1) is 4.90 Å². The zero-order chi connectivity index (χ0) is 18.5. The van der Waals surface area contributed by atoms with Gasteiger partial charge in [-0.05, 0) is 42.9 Å². The molecule has 1 aliphatic carbocycles. The van der Waals surface area contributed by atoms with Gasteiger partial charge in [0.2, 0.25) is 11.2 Å². The third-order valence-electron chi connectivity index (χ3n) is 5.27. The third kappa shape index (κ3) is 5.35. The molecule has 0 aromatic heterocycles. The van der Waals surface area contributed by atoms with E-state index in [-0.39, 0.29) is 24.3 Å². The van der Waals surface area contributed by atoms with Crippen molar-refractivity contribution in [3.8, 4) is 0 Å². The lowest BCUT2D eigenvalue weighted by atomic mass is 9.73. The van der Waals surface area contributed by atoms with Gasteiger partial charge in [-0.2, -0.15) is 0 Å². The van der Waals surface area contributed by atoms with Gasteiger partial charge in [-0.15, -0.1) is 11.7 Å². The molecule has 0 bridgehead atoms. The molecule has 1 aromatic rings. The molecule has 0 heterocycles. The molecule has 1 aromatic carbocycles. The summed E-state index contributed by atoms with van der Waals surface area (Å²) in [7, 11) is 0. The topological polar surface area (TPSA) is 0 Å². The second kappa shape index (κ2) is 8.74. The Morgan fingerprint density at radius 1 is 1.04 bits per heavy atom. The molecule has 2 rings (SSSR count). The summed E-state index contributed by atoms with van der Waals surface area (Å²) in [5, 5.41) is 0. The van der Waals surface area contributed by atoms with E-state index < -0.39 is 27.9 Å². The summed E-state index contributed by atoms with van der Waals surface area (Å²) in [5.74, 6) is 0.180. The van der Waals surface area contributed by atoms with Crippen LogP contribution in [0.5, 0.6) is 0 Å². The van der Waals surface area contributed by atoms with E-state index in [0.717, 1.165) is 43.5 Å². The van der Waals surface area contributed by atoms with E-state index in [1.807, 2.05) is 0 Å². The van der Waals surface area contributed by atoms with Crippen molar-refractivity contribution in [2.24, 2.45) is 5.92 Å². The minimum Gasteiger partial charge on any atom is -0.244 e. The molecule has 0 amide bonds. The Labute approximate surface area is 149 Å². The Kier molecular flexibility index (Phi) is 7.18. The second-order valence-electron chi connectivity index (χ2n) is 7.10. The standard InChI is InChI=1S/C19H27F5S/c1-2-3-4-5-6-7-15-12-13-19(21,18(20)14-15)16-8-10-17(11-9-16)25(22,23)24/h8-11,15,18H,2-7,12-14H2,1H3. The van der Waals surface area contributed by atoms with Gasteiger partial charge in [0.1, 0.15) is 6.17 Å². The molecule has 1 saturated carbocycles. The van der Waals surface area contributed by atoms with E-state index in [1.165, 1.54) is 19.3 Å². The van der Waals surface area contributed by atoms with Crippen molar-refractivity contribution >= 4 is 11.2 Å². The average molecular weight is 382 g/mol. The van der Waals surface area contributed by atoms with E-state index in [0.29, 0.717) is 6.42 Å². The molecule has 1 fully saturated rings. The molecule has 3 unspecified atom stereocenters. The van der Waals surface area contributed by atoms with Gasteiger partial charge in [-0.25, -0.2) is 8.78 Å². The lowest BCUT2D eigenvalue weighted by Crippen LogP contribution is -2.38. The number of halogens is 5. The highest BCUT2D eigenvalue weighted by Crippen LogP contribution is 2.60. The predicted molar refractivity (Wildman–Crippen MR) is 94.0 cm³/mol. The second-order valence-corrected chi connectivity index (χ2v) is 8.39. The highest BCUT2D eigenvalue weighted by molar-refractivity contribution is 8.20. The van der Waals surface area contributed by atoms with Crippen LogP contribution in [0.25, 0.3) is 0 Å². The van der Waals surface area contributed by atoms with Crippen LogP contribution in [-0.2, 0) is 5.67 Å². The van der Waals surface area contributed by atoms with E-state index in [1.54, 1.807) is 0 Å². The third-order valence-corrected chi connectivity index (χ3v) is 6.08. The van der Waals surface area contributed by atoms with E-state index in [9.17, 15) is 16.0 Å². The first-order valence-electron chi connectivity index (χ1n) is 9.13. The molecule has 0 N–H and O–H groups in total. The van der Waals surface area contributed by atoms with Crippen molar-refractivity contribution < 1.29 is 20.4 Å². The summed E-state index contributed by atoms with van der Waals surface area (Å²) in [4.78, 5) is -0.754. The van der Waals surface area contributed by atoms with Crippen molar-refractivity contribution in [1.29, 1.82) is 0 Å². The molecule has 0 nitrogen and oxygen atoms in total. The molecule has 0 saturated heterocycles. The molecule has 0 radical (unpaired) electrons. The Morgan fingerprint density at radius 2 is 1.68 bits per heavy atom. The minimum atomic E-state index is -5.33. The smallest absolute Gasteiger partial charge is 0.237 e. The number of unbranched alkanes of at least 4 members (excludes halogenated alkanes) is 4. The first-order chi connectivity index (χ1) is 11.8. The summed E-state index contributed by atoms with van der Waals surface area (Å²) < 4.78 is 67.8.